The first kappa shape index (κ1) is 12.1. The topological polar surface area (TPSA) is 61.0 Å². The molecule has 2 heterocycles. The molecular formula is C12H20N4O. The molecule has 0 radical (unpaired) electrons. The van der Waals surface area contributed by atoms with Crippen LogP contribution >= 0.6 is 0 Å². The van der Waals surface area contributed by atoms with E-state index < -0.39 is 0 Å². The van der Waals surface area contributed by atoms with Gasteiger partial charge in [-0.25, -0.2) is 5.10 Å². The molecule has 17 heavy (non-hydrogen) atoms. The zero-order valence-electron chi connectivity index (χ0n) is 10.3. The highest BCUT2D eigenvalue weighted by Gasteiger charge is 2.14. The Morgan fingerprint density at radius 3 is 3.00 bits per heavy atom. The largest absolute Gasteiger partial charge is 0.382 e. The minimum atomic E-state index is -0.165. The van der Waals surface area contributed by atoms with Gasteiger partial charge in [-0.2, -0.15) is 5.10 Å². The fraction of sp³-hybridized carbons (Fsp3) is 0.667. The Morgan fingerprint density at radius 2 is 2.29 bits per heavy atom. The van der Waals surface area contributed by atoms with E-state index in [2.05, 4.69) is 27.3 Å². The van der Waals surface area contributed by atoms with Crippen LogP contribution in [0.4, 0.5) is 5.69 Å². The maximum Gasteiger partial charge on any atom is 0.266 e. The summed E-state index contributed by atoms with van der Waals surface area (Å²) in [6.45, 7) is 6.59. The molecule has 0 unspecified atom stereocenters. The summed E-state index contributed by atoms with van der Waals surface area (Å²) in [4.78, 5) is 13.5. The van der Waals surface area contributed by atoms with Crippen molar-refractivity contribution in [3.63, 3.8) is 0 Å². The van der Waals surface area contributed by atoms with Gasteiger partial charge in [0.1, 0.15) is 0 Å². The zero-order valence-corrected chi connectivity index (χ0v) is 10.3. The van der Waals surface area contributed by atoms with Crippen molar-refractivity contribution in [3.8, 4) is 0 Å². The lowest BCUT2D eigenvalue weighted by Gasteiger charge is -2.30. The lowest BCUT2D eigenvalue weighted by molar-refractivity contribution is 0.199. The number of hydrogen-bond donors (Lipinski definition) is 2. The molecule has 0 atom stereocenters. The fourth-order valence-corrected chi connectivity index (χ4v) is 2.12. The van der Waals surface area contributed by atoms with Gasteiger partial charge < -0.3 is 10.2 Å². The summed E-state index contributed by atoms with van der Waals surface area (Å²) >= 11 is 0. The second kappa shape index (κ2) is 5.82. The van der Waals surface area contributed by atoms with Crippen molar-refractivity contribution < 1.29 is 0 Å². The van der Waals surface area contributed by atoms with E-state index in [4.69, 9.17) is 0 Å². The van der Waals surface area contributed by atoms with Crippen LogP contribution in [0, 0.1) is 5.92 Å². The van der Waals surface area contributed by atoms with Crippen molar-refractivity contribution in [2.45, 2.75) is 19.8 Å². The highest BCUT2D eigenvalue weighted by Crippen LogP contribution is 2.15. The highest BCUT2D eigenvalue weighted by atomic mass is 16.1. The van der Waals surface area contributed by atoms with Gasteiger partial charge in [0, 0.05) is 19.2 Å². The molecule has 0 saturated carbocycles. The van der Waals surface area contributed by atoms with Gasteiger partial charge in [-0.05, 0) is 31.8 Å². The standard InChI is InChI=1S/C12H20N4O/c1-10-2-5-16(6-3-10)7-4-13-11-8-12(17)15-14-9-11/h8-10H,2-7H2,1H3,(H2,13,15,17). The van der Waals surface area contributed by atoms with E-state index in [1.807, 2.05) is 0 Å². The van der Waals surface area contributed by atoms with Gasteiger partial charge in [-0.3, -0.25) is 4.79 Å². The molecule has 1 aliphatic rings. The number of piperidine rings is 1. The van der Waals surface area contributed by atoms with E-state index in [0.29, 0.717) is 0 Å². The van der Waals surface area contributed by atoms with Crippen LogP contribution in [0.2, 0.25) is 0 Å². The van der Waals surface area contributed by atoms with Gasteiger partial charge in [0.05, 0.1) is 11.9 Å². The van der Waals surface area contributed by atoms with Gasteiger partial charge in [0.2, 0.25) is 0 Å². The van der Waals surface area contributed by atoms with Gasteiger partial charge in [0.25, 0.3) is 5.56 Å². The first-order chi connectivity index (χ1) is 8.24. The molecule has 0 aromatic carbocycles. The average Bonchev–Trinajstić information content (AvgIpc) is 2.32. The third-order valence-electron chi connectivity index (χ3n) is 3.30. The lowest BCUT2D eigenvalue weighted by atomic mass is 9.99. The molecule has 1 saturated heterocycles. The van der Waals surface area contributed by atoms with Crippen LogP contribution < -0.4 is 10.9 Å². The fourth-order valence-electron chi connectivity index (χ4n) is 2.12. The summed E-state index contributed by atoms with van der Waals surface area (Å²) in [5.41, 5.74) is 0.626. The number of anilines is 1. The quantitative estimate of drug-likeness (QED) is 0.816. The molecule has 94 valence electrons. The lowest BCUT2D eigenvalue weighted by Crippen LogP contribution is -2.36. The molecule has 0 amide bonds. The first-order valence-corrected chi connectivity index (χ1v) is 6.25. The predicted molar refractivity (Wildman–Crippen MR) is 68.2 cm³/mol. The molecule has 0 spiro atoms. The van der Waals surface area contributed by atoms with E-state index in [0.717, 1.165) is 24.7 Å². The SMILES string of the molecule is CC1CCN(CCNc2cn[nH]c(=O)c2)CC1. The molecule has 1 fully saturated rings. The Hall–Kier alpha value is -1.36. The van der Waals surface area contributed by atoms with Crippen molar-refractivity contribution in [1.82, 2.24) is 15.1 Å². The smallest absolute Gasteiger partial charge is 0.266 e. The number of likely N-dealkylation sites (tertiary alicyclic amines) is 1. The van der Waals surface area contributed by atoms with Crippen molar-refractivity contribution >= 4 is 5.69 Å². The van der Waals surface area contributed by atoms with Crippen LogP contribution in [0.1, 0.15) is 19.8 Å². The van der Waals surface area contributed by atoms with E-state index in [9.17, 15) is 4.79 Å². The van der Waals surface area contributed by atoms with Crippen LogP contribution in [0.25, 0.3) is 0 Å². The molecule has 5 nitrogen and oxygen atoms in total. The minimum absolute atomic E-state index is 0.165. The maximum atomic E-state index is 11.0. The van der Waals surface area contributed by atoms with Crippen molar-refractivity contribution in [3.05, 3.63) is 22.6 Å². The molecule has 5 heteroatoms. The molecular weight excluding hydrogens is 216 g/mol. The summed E-state index contributed by atoms with van der Waals surface area (Å²) < 4.78 is 0. The molecule has 0 aliphatic carbocycles. The monoisotopic (exact) mass is 236 g/mol. The van der Waals surface area contributed by atoms with Gasteiger partial charge in [-0.15, -0.1) is 0 Å². The normalized spacial score (nSPS) is 18.2. The maximum absolute atomic E-state index is 11.0. The second-order valence-corrected chi connectivity index (χ2v) is 4.78. The third-order valence-corrected chi connectivity index (χ3v) is 3.30. The van der Waals surface area contributed by atoms with Crippen molar-refractivity contribution in [2.24, 2.45) is 5.92 Å². The van der Waals surface area contributed by atoms with E-state index >= 15 is 0 Å². The van der Waals surface area contributed by atoms with Crippen LogP contribution in [-0.4, -0.2) is 41.3 Å². The number of nitrogens with zero attached hydrogens (tertiary/aromatic N) is 2. The van der Waals surface area contributed by atoms with Crippen molar-refractivity contribution in [2.75, 3.05) is 31.5 Å². The Morgan fingerprint density at radius 1 is 1.53 bits per heavy atom. The van der Waals surface area contributed by atoms with Crippen LogP contribution in [0.3, 0.4) is 0 Å². The Balaban J connectivity index is 1.71. The molecule has 1 aromatic rings. The van der Waals surface area contributed by atoms with E-state index in [-0.39, 0.29) is 5.56 Å². The van der Waals surface area contributed by atoms with Crippen LogP contribution in [-0.2, 0) is 0 Å². The predicted octanol–water partition coefficient (Wildman–Crippen LogP) is 0.914. The third kappa shape index (κ3) is 3.85. The summed E-state index contributed by atoms with van der Waals surface area (Å²) in [7, 11) is 0. The Kier molecular flexibility index (Phi) is 4.14. The molecule has 1 aromatic heterocycles. The van der Waals surface area contributed by atoms with Gasteiger partial charge >= 0.3 is 0 Å². The van der Waals surface area contributed by atoms with E-state index in [1.54, 1.807) is 6.20 Å². The number of nitrogens with one attached hydrogen (secondary N) is 2. The van der Waals surface area contributed by atoms with Crippen LogP contribution in [0.15, 0.2) is 17.1 Å². The molecule has 2 N–H and O–H groups in total. The number of rotatable bonds is 4. The zero-order chi connectivity index (χ0) is 12.1. The first-order valence-electron chi connectivity index (χ1n) is 6.25. The highest BCUT2D eigenvalue weighted by molar-refractivity contribution is 5.38. The number of aromatic nitrogens is 2. The molecule has 1 aliphatic heterocycles. The molecule has 0 bridgehead atoms. The number of aromatic amines is 1. The summed E-state index contributed by atoms with van der Waals surface area (Å²) in [5, 5.41) is 9.33. The van der Waals surface area contributed by atoms with Gasteiger partial charge in [-0.1, -0.05) is 6.92 Å². The Labute approximate surface area is 101 Å². The number of H-pyrrole nitrogens is 1. The molecule has 2 rings (SSSR count). The summed E-state index contributed by atoms with van der Waals surface area (Å²) in [5.74, 6) is 0.871. The van der Waals surface area contributed by atoms with Gasteiger partial charge in [0.15, 0.2) is 0 Å². The van der Waals surface area contributed by atoms with E-state index in [1.165, 1.54) is 32.0 Å². The van der Waals surface area contributed by atoms with Crippen LogP contribution in [0.5, 0.6) is 0 Å². The second-order valence-electron chi connectivity index (χ2n) is 4.78. The number of hydrogen-bond acceptors (Lipinski definition) is 4. The summed E-state index contributed by atoms with van der Waals surface area (Å²) in [6.07, 6.45) is 4.23. The summed E-state index contributed by atoms with van der Waals surface area (Å²) in [6, 6.07) is 1.53. The average molecular weight is 236 g/mol. The minimum Gasteiger partial charge on any atom is -0.382 e. The Bertz CT molecular complexity index is 395. The van der Waals surface area contributed by atoms with Crippen molar-refractivity contribution in [1.29, 1.82) is 0 Å².